The van der Waals surface area contributed by atoms with Gasteiger partial charge in [0.1, 0.15) is 30.0 Å². The van der Waals surface area contributed by atoms with Crippen LogP contribution in [-0.2, 0) is 33.6 Å². The average Bonchev–Trinajstić information content (AvgIpc) is 3.29. The maximum absolute atomic E-state index is 12.4. The summed E-state index contributed by atoms with van der Waals surface area (Å²) in [6.07, 6.45) is 1.20. The number of aliphatic carboxylic acids is 3. The van der Waals surface area contributed by atoms with Crippen molar-refractivity contribution >= 4 is 106 Å². The van der Waals surface area contributed by atoms with E-state index in [1.54, 1.807) is 43.3 Å². The normalized spacial score (nSPS) is 12.1. The van der Waals surface area contributed by atoms with E-state index in [0.29, 0.717) is 16.8 Å². The van der Waals surface area contributed by atoms with Crippen LogP contribution in [0.2, 0.25) is 0 Å². The summed E-state index contributed by atoms with van der Waals surface area (Å²) in [5.41, 5.74) is 33.4. The molecule has 0 saturated carbocycles. The molecule has 4 atom stereocenters. The van der Waals surface area contributed by atoms with E-state index in [0.717, 1.165) is 33.2 Å². The van der Waals surface area contributed by atoms with Gasteiger partial charge in [0, 0.05) is 62.6 Å². The Labute approximate surface area is 412 Å². The van der Waals surface area contributed by atoms with Crippen LogP contribution < -0.4 is 50.4 Å². The lowest BCUT2D eigenvalue weighted by Crippen LogP contribution is -2.49. The summed E-state index contributed by atoms with van der Waals surface area (Å²) in [6.45, 7) is 2.73. The van der Waals surface area contributed by atoms with Crippen LogP contribution in [0.5, 0.6) is 0 Å². The Hall–Kier alpha value is -7.27. The van der Waals surface area contributed by atoms with Crippen molar-refractivity contribution in [1.29, 1.82) is 0 Å². The number of carbonyl (C=O) groups excluding carboxylic acids is 7. The number of nitrogens with one attached hydrogen (secondary N) is 3. The molecule has 28 heteroatoms. The second-order valence-electron chi connectivity index (χ2n) is 14.6. The first-order chi connectivity index (χ1) is 32.7. The molecule has 3 aromatic carbocycles. The zero-order valence-electron chi connectivity index (χ0n) is 37.8. The number of rotatable bonds is 25. The van der Waals surface area contributed by atoms with Crippen molar-refractivity contribution in [2.45, 2.75) is 78.4 Å². The number of nitro groups is 1. The molecule has 0 fully saturated rings. The molecule has 70 heavy (non-hydrogen) atoms. The van der Waals surface area contributed by atoms with Gasteiger partial charge in [0.25, 0.3) is 5.69 Å². The highest BCUT2D eigenvalue weighted by atomic mass is 32.2. The van der Waals surface area contributed by atoms with Crippen molar-refractivity contribution in [3.63, 3.8) is 0 Å². The number of nitro benzene ring substituents is 1. The maximum Gasteiger partial charge on any atom is 0.327 e. The number of hydrogen-bond acceptors (Lipinski definition) is 18. The topological polar surface area (TPSA) is 467 Å². The van der Waals surface area contributed by atoms with E-state index in [4.69, 9.17) is 44.6 Å². The lowest BCUT2D eigenvalue weighted by molar-refractivity contribution is -0.387. The van der Waals surface area contributed by atoms with Crippen molar-refractivity contribution in [2.75, 3.05) is 30.0 Å². The zero-order valence-corrected chi connectivity index (χ0v) is 40.3. The van der Waals surface area contributed by atoms with E-state index in [-0.39, 0.29) is 60.0 Å². The highest BCUT2D eigenvalue weighted by Crippen LogP contribution is 2.31. The number of aryl methyl sites for hydroxylation is 1. The van der Waals surface area contributed by atoms with Gasteiger partial charge in [0.2, 0.25) is 35.4 Å². The first-order valence-corrected chi connectivity index (χ1v) is 23.4. The third kappa shape index (κ3) is 22.2. The highest BCUT2D eigenvalue weighted by Gasteiger charge is 2.26. The molecular weight excluding hydrogens is 981 g/mol. The molecule has 0 aliphatic heterocycles. The first-order valence-electron chi connectivity index (χ1n) is 20.2. The average molecular weight is 1040 g/mol. The number of primary amides is 3. The number of ketones is 1. The third-order valence-corrected chi connectivity index (χ3v) is 12.3. The van der Waals surface area contributed by atoms with Gasteiger partial charge in [-0.25, -0.2) is 4.79 Å². The van der Waals surface area contributed by atoms with Crippen molar-refractivity contribution in [3.05, 3.63) is 87.0 Å². The van der Waals surface area contributed by atoms with Gasteiger partial charge in [-0.3, -0.25) is 53.3 Å². The minimum atomic E-state index is -1.28. The highest BCUT2D eigenvalue weighted by molar-refractivity contribution is 7.99. The van der Waals surface area contributed by atoms with E-state index in [9.17, 15) is 63.2 Å². The zero-order chi connectivity index (χ0) is 53.4. The van der Waals surface area contributed by atoms with Crippen LogP contribution in [0.15, 0.2) is 69.3 Å². The Kier molecular flexibility index (Phi) is 26.3. The lowest BCUT2D eigenvalue weighted by Gasteiger charge is -2.18. The second-order valence-corrected chi connectivity index (χ2v) is 17.5. The van der Waals surface area contributed by atoms with Crippen LogP contribution in [0.4, 0.5) is 11.4 Å². The molecule has 380 valence electrons. The van der Waals surface area contributed by atoms with E-state index in [1.165, 1.54) is 42.6 Å². The molecule has 18 N–H and O–H groups in total. The van der Waals surface area contributed by atoms with Gasteiger partial charge in [-0.2, -0.15) is 0 Å². The standard InChI is InChI=1S/C18H23N5O8S.C16H21N3O6S.C8H10N2OS/c1-9(24)7-21-17(27)12(22-15(25)5-3-11(19)18(28)29)8-32-14-4-2-10(16(20)26)6-13(14)23(30)31;1-8-6-9(14(18)21)2-4-12(8)26-7-11(16(24)25)19-13(20)5-3-10(17)15(22)23;1-12-7-3-2-5(8(10)11)4-6(7)9/h2,4,6,11-12H,3,5,7-8,19H2,1H3,(H2,20,26)(H,21,27)(H,22,25)(H,28,29);2,4,6,10-11H,3,5,7,17H2,1H3,(H2,18,21)(H,19,20)(H,22,23)(H,24,25);2-4H,9H2,1H3,(H2,10,11). The van der Waals surface area contributed by atoms with Crippen LogP contribution in [0.25, 0.3) is 0 Å². The molecule has 3 aromatic rings. The van der Waals surface area contributed by atoms with Gasteiger partial charge in [-0.15, -0.1) is 35.3 Å². The second kappa shape index (κ2) is 30.3. The molecule has 0 aliphatic carbocycles. The maximum atomic E-state index is 12.4. The Morgan fingerprint density at radius 2 is 1.09 bits per heavy atom. The number of hydrogen-bond donors (Lipinski definition) is 12. The third-order valence-electron chi connectivity index (χ3n) is 9.02. The number of Topliss-reactive ketones (excluding diaryl/α,β-unsaturated/α-hetero) is 1. The number of amides is 6. The van der Waals surface area contributed by atoms with Gasteiger partial charge in [-0.05, 0) is 87.0 Å². The van der Waals surface area contributed by atoms with Crippen LogP contribution in [0.1, 0.15) is 69.2 Å². The molecular formula is C42H54N10O15S3. The quantitative estimate of drug-likeness (QED) is 0.0233. The molecule has 0 aliphatic rings. The predicted molar refractivity (Wildman–Crippen MR) is 259 cm³/mol. The SMILES string of the molecule is CC(=O)CNC(=O)C(CSc1ccc(C(N)=O)cc1[N+](=O)[O-])NC(=O)CCC(N)C(=O)O.CSc1ccc(C(N)=O)cc1N.Cc1cc(C(N)=O)ccc1SCC(NC(=O)CCC(N)C(=O)O)C(=O)O. The first kappa shape index (κ1) is 60.7. The molecule has 3 rings (SSSR count). The number of thioether (sulfide) groups is 3. The molecule has 0 spiro atoms. The Bertz CT molecular complexity index is 2440. The number of nitrogens with zero attached hydrogens (tertiary/aromatic N) is 1. The summed E-state index contributed by atoms with van der Waals surface area (Å²) in [4.78, 5) is 126. The fraction of sp³-hybridized carbons (Fsp3) is 0.333. The van der Waals surface area contributed by atoms with Gasteiger partial charge >= 0.3 is 17.9 Å². The largest absolute Gasteiger partial charge is 0.480 e. The molecule has 0 aromatic heterocycles. The Morgan fingerprint density at radius 1 is 0.657 bits per heavy atom. The molecule has 25 nitrogen and oxygen atoms in total. The summed E-state index contributed by atoms with van der Waals surface area (Å²) in [5.74, 6) is -7.96. The molecule has 0 radical (unpaired) electrons. The number of nitrogens with two attached hydrogens (primary N) is 6. The summed E-state index contributed by atoms with van der Waals surface area (Å²) in [7, 11) is 0. The van der Waals surface area contributed by atoms with Crippen LogP contribution in [0.3, 0.4) is 0 Å². The van der Waals surface area contributed by atoms with Crippen LogP contribution >= 0.6 is 35.3 Å². The number of benzene rings is 3. The van der Waals surface area contributed by atoms with Crippen LogP contribution in [0, 0.1) is 17.0 Å². The Morgan fingerprint density at radius 3 is 1.50 bits per heavy atom. The van der Waals surface area contributed by atoms with E-state index >= 15 is 0 Å². The lowest BCUT2D eigenvalue weighted by atomic mass is 10.1. The summed E-state index contributed by atoms with van der Waals surface area (Å²) < 4.78 is 0. The van der Waals surface area contributed by atoms with Gasteiger partial charge in [0.15, 0.2) is 0 Å². The van der Waals surface area contributed by atoms with Gasteiger partial charge in [-0.1, -0.05) is 0 Å². The molecule has 4 unspecified atom stereocenters. The number of carbonyl (C=O) groups is 10. The molecule has 0 saturated heterocycles. The Balaban J connectivity index is 0.000000574. The molecule has 0 bridgehead atoms. The van der Waals surface area contributed by atoms with Crippen molar-refractivity contribution in [3.8, 4) is 0 Å². The van der Waals surface area contributed by atoms with E-state index in [1.807, 2.05) is 6.26 Å². The van der Waals surface area contributed by atoms with E-state index in [2.05, 4.69) is 16.0 Å². The number of nitrogen functional groups attached to an aromatic ring is 1. The molecule has 0 heterocycles. The van der Waals surface area contributed by atoms with Gasteiger partial charge < -0.3 is 65.7 Å². The van der Waals surface area contributed by atoms with Gasteiger partial charge in [0.05, 0.1) is 16.4 Å². The number of carboxylic acid groups (broad SMARTS) is 3. The minimum Gasteiger partial charge on any atom is -0.480 e. The smallest absolute Gasteiger partial charge is 0.327 e. The van der Waals surface area contributed by atoms with Crippen molar-refractivity contribution in [2.24, 2.45) is 28.7 Å². The predicted octanol–water partition coefficient (Wildman–Crippen LogP) is 0.205. The monoisotopic (exact) mass is 1030 g/mol. The van der Waals surface area contributed by atoms with Crippen molar-refractivity contribution in [1.82, 2.24) is 16.0 Å². The summed E-state index contributed by atoms with van der Waals surface area (Å²) in [6, 6.07) is 8.66. The summed E-state index contributed by atoms with van der Waals surface area (Å²) in [5, 5.41) is 45.1. The minimum absolute atomic E-state index is 0.0583. The summed E-state index contributed by atoms with van der Waals surface area (Å²) >= 11 is 3.61. The molecule has 6 amide bonds. The van der Waals surface area contributed by atoms with Crippen molar-refractivity contribution < 1.29 is 68.2 Å². The fourth-order valence-corrected chi connectivity index (χ4v) is 7.73. The number of anilines is 1. The van der Waals surface area contributed by atoms with E-state index < -0.39 is 88.1 Å². The fourth-order valence-electron chi connectivity index (χ4n) is 5.18. The van der Waals surface area contributed by atoms with Crippen LogP contribution in [-0.4, -0.2) is 128 Å². The number of carboxylic acids is 3.